The molecule has 1 N–H and O–H groups in total. The summed E-state index contributed by atoms with van der Waals surface area (Å²) in [4.78, 5) is 11.9. The van der Waals surface area contributed by atoms with Gasteiger partial charge in [0, 0.05) is 16.6 Å². The summed E-state index contributed by atoms with van der Waals surface area (Å²) in [5.74, 6) is 0.733. The Morgan fingerprint density at radius 2 is 2.00 bits per heavy atom. The molecule has 7 heteroatoms. The topological polar surface area (TPSA) is 68.0 Å². The average Bonchev–Trinajstić information content (AvgIpc) is 3.17. The van der Waals surface area contributed by atoms with Crippen LogP contribution in [0.5, 0.6) is 0 Å². The van der Waals surface area contributed by atoms with Gasteiger partial charge in [0.05, 0.1) is 5.75 Å². The SMILES string of the molecule is O=C(CSc1nnc(-c2ccc(Cl)cc2)o1)NC1CCCC1. The van der Waals surface area contributed by atoms with Gasteiger partial charge < -0.3 is 9.73 Å². The zero-order valence-electron chi connectivity index (χ0n) is 11.9. The second-order valence-electron chi connectivity index (χ2n) is 5.22. The van der Waals surface area contributed by atoms with Gasteiger partial charge in [-0.1, -0.05) is 36.2 Å². The van der Waals surface area contributed by atoms with Gasteiger partial charge in [-0.2, -0.15) is 0 Å². The molecule has 0 atom stereocenters. The number of nitrogens with one attached hydrogen (secondary N) is 1. The van der Waals surface area contributed by atoms with Crippen molar-refractivity contribution in [3.63, 3.8) is 0 Å². The van der Waals surface area contributed by atoms with Crippen molar-refractivity contribution < 1.29 is 9.21 Å². The molecule has 22 heavy (non-hydrogen) atoms. The van der Waals surface area contributed by atoms with Crippen molar-refractivity contribution in [3.8, 4) is 11.5 Å². The minimum atomic E-state index is 0.0168. The lowest BCUT2D eigenvalue weighted by Crippen LogP contribution is -2.33. The number of halogens is 1. The van der Waals surface area contributed by atoms with E-state index in [0.29, 0.717) is 27.9 Å². The molecule has 1 aromatic carbocycles. The average molecular weight is 338 g/mol. The van der Waals surface area contributed by atoms with Crippen molar-refractivity contribution in [2.24, 2.45) is 0 Å². The molecular weight excluding hydrogens is 322 g/mol. The number of rotatable bonds is 5. The van der Waals surface area contributed by atoms with Gasteiger partial charge >= 0.3 is 0 Å². The van der Waals surface area contributed by atoms with Crippen LogP contribution < -0.4 is 5.32 Å². The predicted molar refractivity (Wildman–Crippen MR) is 85.9 cm³/mol. The first kappa shape index (κ1) is 15.4. The van der Waals surface area contributed by atoms with E-state index >= 15 is 0 Å². The minimum Gasteiger partial charge on any atom is -0.411 e. The first-order valence-electron chi connectivity index (χ1n) is 7.22. The molecule has 0 radical (unpaired) electrons. The second kappa shape index (κ2) is 7.15. The molecule has 1 saturated carbocycles. The standard InChI is InChI=1S/C15H16ClN3O2S/c16-11-7-5-10(6-8-11)14-18-19-15(21-14)22-9-13(20)17-12-3-1-2-4-12/h5-8,12H,1-4,9H2,(H,17,20). The maximum Gasteiger partial charge on any atom is 0.277 e. The molecular formula is C15H16ClN3O2S. The number of carbonyl (C=O) groups is 1. The number of carbonyl (C=O) groups excluding carboxylic acids is 1. The van der Waals surface area contributed by atoms with Crippen molar-refractivity contribution >= 4 is 29.3 Å². The Morgan fingerprint density at radius 1 is 1.27 bits per heavy atom. The third-order valence-electron chi connectivity index (χ3n) is 3.54. The number of nitrogens with zero attached hydrogens (tertiary/aromatic N) is 2. The molecule has 3 rings (SSSR count). The Morgan fingerprint density at radius 3 is 2.73 bits per heavy atom. The molecule has 1 heterocycles. The molecule has 1 amide bonds. The van der Waals surface area contributed by atoms with E-state index in [1.165, 1.54) is 24.6 Å². The molecule has 0 spiro atoms. The first-order chi connectivity index (χ1) is 10.7. The van der Waals surface area contributed by atoms with Crippen molar-refractivity contribution in [3.05, 3.63) is 29.3 Å². The van der Waals surface area contributed by atoms with Crippen LogP contribution >= 0.6 is 23.4 Å². The van der Waals surface area contributed by atoms with Crippen molar-refractivity contribution in [2.75, 3.05) is 5.75 Å². The van der Waals surface area contributed by atoms with Gasteiger partial charge in [-0.25, -0.2) is 0 Å². The van der Waals surface area contributed by atoms with Gasteiger partial charge in [-0.15, -0.1) is 10.2 Å². The Labute approximate surface area is 137 Å². The van der Waals surface area contributed by atoms with Gasteiger partial charge in [-0.05, 0) is 37.1 Å². The molecule has 116 valence electrons. The molecule has 0 aliphatic heterocycles. The lowest BCUT2D eigenvalue weighted by atomic mass is 10.2. The highest BCUT2D eigenvalue weighted by Crippen LogP contribution is 2.24. The van der Waals surface area contributed by atoms with Gasteiger partial charge in [-0.3, -0.25) is 4.79 Å². The summed E-state index contributed by atoms with van der Waals surface area (Å²) in [5, 5.41) is 12.0. The Bertz CT molecular complexity index is 638. The summed E-state index contributed by atoms with van der Waals surface area (Å²) in [7, 11) is 0. The smallest absolute Gasteiger partial charge is 0.277 e. The highest BCUT2D eigenvalue weighted by Gasteiger charge is 2.18. The van der Waals surface area contributed by atoms with Gasteiger partial charge in [0.1, 0.15) is 0 Å². The molecule has 0 bridgehead atoms. The Balaban J connectivity index is 1.53. The fourth-order valence-electron chi connectivity index (χ4n) is 2.44. The van der Waals surface area contributed by atoms with Gasteiger partial charge in [0.15, 0.2) is 0 Å². The molecule has 1 aliphatic carbocycles. The van der Waals surface area contributed by atoms with E-state index in [0.717, 1.165) is 18.4 Å². The largest absolute Gasteiger partial charge is 0.411 e. The maximum atomic E-state index is 11.9. The van der Waals surface area contributed by atoms with Crippen LogP contribution in [0.15, 0.2) is 33.9 Å². The highest BCUT2D eigenvalue weighted by atomic mass is 35.5. The third kappa shape index (κ3) is 4.01. The normalized spacial score (nSPS) is 15.1. The summed E-state index contributed by atoms with van der Waals surface area (Å²) in [6.07, 6.45) is 4.56. The van der Waals surface area contributed by atoms with E-state index in [9.17, 15) is 4.79 Å². The number of aromatic nitrogens is 2. The number of hydrogen-bond donors (Lipinski definition) is 1. The van der Waals surface area contributed by atoms with Crippen LogP contribution in [-0.4, -0.2) is 27.9 Å². The van der Waals surface area contributed by atoms with E-state index in [-0.39, 0.29) is 5.91 Å². The van der Waals surface area contributed by atoms with Crippen LogP contribution in [0.1, 0.15) is 25.7 Å². The number of thioether (sulfide) groups is 1. The summed E-state index contributed by atoms with van der Waals surface area (Å²) in [6, 6.07) is 7.50. The van der Waals surface area contributed by atoms with Crippen molar-refractivity contribution in [2.45, 2.75) is 36.9 Å². The minimum absolute atomic E-state index is 0.0168. The van der Waals surface area contributed by atoms with Crippen LogP contribution in [0.25, 0.3) is 11.5 Å². The van der Waals surface area contributed by atoms with Crippen molar-refractivity contribution in [1.82, 2.24) is 15.5 Å². The van der Waals surface area contributed by atoms with Crippen LogP contribution in [-0.2, 0) is 4.79 Å². The monoisotopic (exact) mass is 337 g/mol. The zero-order chi connectivity index (χ0) is 15.4. The maximum absolute atomic E-state index is 11.9. The molecule has 1 aliphatic rings. The molecule has 5 nitrogen and oxygen atoms in total. The molecule has 1 fully saturated rings. The number of amides is 1. The fourth-order valence-corrected chi connectivity index (χ4v) is 3.14. The summed E-state index contributed by atoms with van der Waals surface area (Å²) in [6.45, 7) is 0. The molecule has 0 saturated heterocycles. The van der Waals surface area contributed by atoms with E-state index < -0.39 is 0 Å². The van der Waals surface area contributed by atoms with Crippen LogP contribution in [0.3, 0.4) is 0 Å². The van der Waals surface area contributed by atoms with E-state index in [1.54, 1.807) is 12.1 Å². The molecule has 0 unspecified atom stereocenters. The first-order valence-corrected chi connectivity index (χ1v) is 8.59. The van der Waals surface area contributed by atoms with Gasteiger partial charge in [0.2, 0.25) is 11.8 Å². The quantitative estimate of drug-likeness (QED) is 0.845. The molecule has 2 aromatic rings. The zero-order valence-corrected chi connectivity index (χ0v) is 13.5. The Kier molecular flexibility index (Phi) is 5.00. The van der Waals surface area contributed by atoms with Crippen molar-refractivity contribution in [1.29, 1.82) is 0 Å². The van der Waals surface area contributed by atoms with E-state index in [1.807, 2.05) is 12.1 Å². The molecule has 1 aromatic heterocycles. The second-order valence-corrected chi connectivity index (χ2v) is 6.58. The predicted octanol–water partition coefficient (Wildman–Crippen LogP) is 3.54. The third-order valence-corrected chi connectivity index (χ3v) is 4.62. The summed E-state index contributed by atoms with van der Waals surface area (Å²) >= 11 is 7.10. The highest BCUT2D eigenvalue weighted by molar-refractivity contribution is 7.99. The number of hydrogen-bond acceptors (Lipinski definition) is 5. The van der Waals surface area contributed by atoms with Gasteiger partial charge in [0.25, 0.3) is 5.22 Å². The Hall–Kier alpha value is -1.53. The van der Waals surface area contributed by atoms with Crippen LogP contribution in [0.4, 0.5) is 0 Å². The van der Waals surface area contributed by atoms with Crippen LogP contribution in [0, 0.1) is 0 Å². The fraction of sp³-hybridized carbons (Fsp3) is 0.400. The lowest BCUT2D eigenvalue weighted by molar-refractivity contribution is -0.119. The van der Waals surface area contributed by atoms with E-state index in [4.69, 9.17) is 16.0 Å². The lowest BCUT2D eigenvalue weighted by Gasteiger charge is -2.10. The van der Waals surface area contributed by atoms with E-state index in [2.05, 4.69) is 15.5 Å². The van der Waals surface area contributed by atoms with Crippen LogP contribution in [0.2, 0.25) is 5.02 Å². The summed E-state index contributed by atoms with van der Waals surface area (Å²) < 4.78 is 5.55. The summed E-state index contributed by atoms with van der Waals surface area (Å²) in [5.41, 5.74) is 0.805. The number of benzene rings is 1.